The van der Waals surface area contributed by atoms with Crippen LogP contribution in [0.5, 0.6) is 0 Å². The number of methoxy groups -OCH3 is 1. The Morgan fingerprint density at radius 3 is 2.31 bits per heavy atom. The summed E-state index contributed by atoms with van der Waals surface area (Å²) in [6, 6.07) is 0. The third-order valence-corrected chi connectivity index (χ3v) is 2.86. The molecule has 0 unspecified atom stereocenters. The molecule has 16 heavy (non-hydrogen) atoms. The lowest BCUT2D eigenvalue weighted by Crippen LogP contribution is -2.53. The predicted octanol–water partition coefficient (Wildman–Crippen LogP) is 1.03. The highest BCUT2D eigenvalue weighted by Gasteiger charge is 2.30. The Bertz CT molecular complexity index is 221. The normalized spacial score (nSPS) is 18.1. The van der Waals surface area contributed by atoms with Gasteiger partial charge >= 0.3 is 0 Å². The van der Waals surface area contributed by atoms with E-state index in [-0.39, 0.29) is 18.3 Å². The maximum Gasteiger partial charge on any atom is 0.242 e. The molecule has 0 aromatic carbocycles. The maximum atomic E-state index is 11.9. The Labute approximate surface area is 104 Å². The van der Waals surface area contributed by atoms with Crippen molar-refractivity contribution in [3.05, 3.63) is 0 Å². The van der Waals surface area contributed by atoms with Crippen LogP contribution in [0.3, 0.4) is 0 Å². The van der Waals surface area contributed by atoms with Crippen molar-refractivity contribution in [1.29, 1.82) is 0 Å². The zero-order valence-corrected chi connectivity index (χ0v) is 11.2. The molecular weight excluding hydrogens is 228 g/mol. The second-order valence-electron chi connectivity index (χ2n) is 4.91. The molecule has 1 heterocycles. The van der Waals surface area contributed by atoms with Gasteiger partial charge in [0, 0.05) is 26.8 Å². The van der Waals surface area contributed by atoms with E-state index in [2.05, 4.69) is 0 Å². The van der Waals surface area contributed by atoms with Crippen LogP contribution in [0.2, 0.25) is 0 Å². The lowest BCUT2D eigenvalue weighted by atomic mass is 9.95. The standard InChI is InChI=1S/C11H22N2O2.ClH/c1-11(2,12)10(14)13-6-4-9(5-7-13)8-15-3;/h9H,4-8,12H2,1-3H3;1H. The third-order valence-electron chi connectivity index (χ3n) is 2.86. The Morgan fingerprint density at radius 1 is 1.44 bits per heavy atom. The molecule has 0 atom stereocenters. The number of hydrogen-bond donors (Lipinski definition) is 1. The number of halogens is 1. The van der Waals surface area contributed by atoms with Gasteiger partial charge < -0.3 is 15.4 Å². The first-order valence-corrected chi connectivity index (χ1v) is 5.52. The van der Waals surface area contributed by atoms with E-state index in [0.29, 0.717) is 5.92 Å². The van der Waals surface area contributed by atoms with Crippen molar-refractivity contribution < 1.29 is 9.53 Å². The van der Waals surface area contributed by atoms with Crippen molar-refractivity contribution in [2.24, 2.45) is 11.7 Å². The van der Waals surface area contributed by atoms with Crippen LogP contribution in [0.15, 0.2) is 0 Å². The fraction of sp³-hybridized carbons (Fsp3) is 0.909. The van der Waals surface area contributed by atoms with E-state index in [4.69, 9.17) is 10.5 Å². The first kappa shape index (κ1) is 15.7. The van der Waals surface area contributed by atoms with Gasteiger partial charge in [-0.15, -0.1) is 12.4 Å². The van der Waals surface area contributed by atoms with Gasteiger partial charge in [-0.05, 0) is 32.6 Å². The molecule has 0 radical (unpaired) electrons. The monoisotopic (exact) mass is 250 g/mol. The predicted molar refractivity (Wildman–Crippen MR) is 66.7 cm³/mol. The highest BCUT2D eigenvalue weighted by Crippen LogP contribution is 2.19. The number of amides is 1. The van der Waals surface area contributed by atoms with Crippen LogP contribution in [0.1, 0.15) is 26.7 Å². The summed E-state index contributed by atoms with van der Waals surface area (Å²) in [5.74, 6) is 0.651. The van der Waals surface area contributed by atoms with Gasteiger partial charge in [-0.25, -0.2) is 0 Å². The summed E-state index contributed by atoms with van der Waals surface area (Å²) >= 11 is 0. The van der Waals surface area contributed by atoms with Crippen molar-refractivity contribution in [1.82, 2.24) is 4.90 Å². The molecular formula is C11H23ClN2O2. The van der Waals surface area contributed by atoms with E-state index in [1.807, 2.05) is 4.90 Å². The van der Waals surface area contributed by atoms with Crippen LogP contribution in [0.4, 0.5) is 0 Å². The average molecular weight is 251 g/mol. The smallest absolute Gasteiger partial charge is 0.242 e. The van der Waals surface area contributed by atoms with Gasteiger partial charge in [0.25, 0.3) is 0 Å². The Balaban J connectivity index is 0.00000225. The second kappa shape index (κ2) is 6.42. The van der Waals surface area contributed by atoms with Crippen LogP contribution in [0.25, 0.3) is 0 Å². The zero-order valence-electron chi connectivity index (χ0n) is 10.4. The number of ether oxygens (including phenoxy) is 1. The van der Waals surface area contributed by atoms with Crippen LogP contribution in [0, 0.1) is 5.92 Å². The van der Waals surface area contributed by atoms with Gasteiger partial charge in [-0.3, -0.25) is 4.79 Å². The number of hydrogen-bond acceptors (Lipinski definition) is 3. The number of nitrogens with two attached hydrogens (primary N) is 1. The Morgan fingerprint density at radius 2 is 1.94 bits per heavy atom. The first-order valence-electron chi connectivity index (χ1n) is 5.52. The zero-order chi connectivity index (χ0) is 11.5. The maximum absolute atomic E-state index is 11.9. The van der Waals surface area contributed by atoms with Crippen molar-refractivity contribution in [3.8, 4) is 0 Å². The number of carbonyl (C=O) groups is 1. The molecule has 1 amide bonds. The third kappa shape index (κ3) is 4.28. The van der Waals surface area contributed by atoms with Crippen LogP contribution >= 0.6 is 12.4 Å². The second-order valence-corrected chi connectivity index (χ2v) is 4.91. The molecule has 0 aromatic heterocycles. The first-order chi connectivity index (χ1) is 6.95. The van der Waals surface area contributed by atoms with Crippen LogP contribution in [-0.4, -0.2) is 43.2 Å². The average Bonchev–Trinajstić information content (AvgIpc) is 2.17. The van der Waals surface area contributed by atoms with E-state index in [9.17, 15) is 4.79 Å². The SMILES string of the molecule is COCC1CCN(C(=O)C(C)(C)N)CC1.Cl. The minimum absolute atomic E-state index is 0. The van der Waals surface area contributed by atoms with Crippen molar-refractivity contribution in [3.63, 3.8) is 0 Å². The summed E-state index contributed by atoms with van der Waals surface area (Å²) in [4.78, 5) is 13.7. The van der Waals surface area contributed by atoms with Crippen molar-refractivity contribution >= 4 is 18.3 Å². The van der Waals surface area contributed by atoms with Gasteiger partial charge in [0.15, 0.2) is 0 Å². The Kier molecular flexibility index (Phi) is 6.30. The molecule has 2 N–H and O–H groups in total. The van der Waals surface area contributed by atoms with Crippen LogP contribution < -0.4 is 5.73 Å². The molecule has 96 valence electrons. The number of likely N-dealkylation sites (tertiary alicyclic amines) is 1. The quantitative estimate of drug-likeness (QED) is 0.814. The van der Waals surface area contributed by atoms with Gasteiger partial charge in [0.05, 0.1) is 5.54 Å². The highest BCUT2D eigenvalue weighted by atomic mass is 35.5. The van der Waals surface area contributed by atoms with E-state index in [0.717, 1.165) is 32.5 Å². The van der Waals surface area contributed by atoms with E-state index >= 15 is 0 Å². The van der Waals surface area contributed by atoms with Gasteiger partial charge in [0.2, 0.25) is 5.91 Å². The van der Waals surface area contributed by atoms with Crippen LogP contribution in [-0.2, 0) is 9.53 Å². The largest absolute Gasteiger partial charge is 0.384 e. The number of carbonyl (C=O) groups excluding carboxylic acids is 1. The lowest BCUT2D eigenvalue weighted by molar-refractivity contribution is -0.137. The summed E-state index contributed by atoms with van der Waals surface area (Å²) in [5.41, 5.74) is 5.05. The summed E-state index contributed by atoms with van der Waals surface area (Å²) < 4.78 is 5.12. The van der Waals surface area contributed by atoms with E-state index in [1.54, 1.807) is 21.0 Å². The molecule has 0 aromatic rings. The number of nitrogens with zero attached hydrogens (tertiary/aromatic N) is 1. The van der Waals surface area contributed by atoms with Gasteiger partial charge in [0.1, 0.15) is 0 Å². The number of piperidine rings is 1. The minimum Gasteiger partial charge on any atom is -0.384 e. The molecule has 0 aliphatic carbocycles. The molecule has 1 fully saturated rings. The van der Waals surface area contributed by atoms with Gasteiger partial charge in [-0.2, -0.15) is 0 Å². The molecule has 0 bridgehead atoms. The highest BCUT2D eigenvalue weighted by molar-refractivity contribution is 5.85. The molecule has 1 aliphatic rings. The topological polar surface area (TPSA) is 55.6 Å². The Hall–Kier alpha value is -0.320. The summed E-state index contributed by atoms with van der Waals surface area (Å²) in [6.45, 7) is 5.95. The molecule has 0 spiro atoms. The summed E-state index contributed by atoms with van der Waals surface area (Å²) in [6.07, 6.45) is 2.05. The molecule has 0 saturated carbocycles. The molecule has 1 aliphatic heterocycles. The minimum atomic E-state index is -0.742. The van der Waals surface area contributed by atoms with Crippen molar-refractivity contribution in [2.75, 3.05) is 26.8 Å². The summed E-state index contributed by atoms with van der Waals surface area (Å²) in [7, 11) is 1.72. The molecule has 1 saturated heterocycles. The fourth-order valence-electron chi connectivity index (χ4n) is 1.95. The van der Waals surface area contributed by atoms with Crippen molar-refractivity contribution in [2.45, 2.75) is 32.2 Å². The molecule has 1 rings (SSSR count). The lowest BCUT2D eigenvalue weighted by Gasteiger charge is -2.35. The van der Waals surface area contributed by atoms with E-state index in [1.165, 1.54) is 0 Å². The fourth-order valence-corrected chi connectivity index (χ4v) is 1.95. The molecule has 4 nitrogen and oxygen atoms in total. The number of rotatable bonds is 3. The van der Waals surface area contributed by atoms with E-state index < -0.39 is 5.54 Å². The molecule has 5 heteroatoms. The van der Waals surface area contributed by atoms with Gasteiger partial charge in [-0.1, -0.05) is 0 Å². The summed E-state index contributed by atoms with van der Waals surface area (Å²) in [5, 5.41) is 0.